The minimum atomic E-state index is 0.783. The summed E-state index contributed by atoms with van der Waals surface area (Å²) in [4.78, 5) is 4.69. The molecule has 1 heterocycles. The molecule has 4 heteroatoms. The number of aryl methyl sites for hydroxylation is 1. The van der Waals surface area contributed by atoms with Crippen molar-refractivity contribution in [1.29, 1.82) is 0 Å². The Bertz CT molecular complexity index is 369. The van der Waals surface area contributed by atoms with Gasteiger partial charge in [-0.2, -0.15) is 0 Å². The zero-order chi connectivity index (χ0) is 12.2. The van der Waals surface area contributed by atoms with E-state index in [1.165, 1.54) is 55.8 Å². The fourth-order valence-corrected chi connectivity index (χ4v) is 2.87. The molecular formula is C14H23N3S. The van der Waals surface area contributed by atoms with E-state index in [2.05, 4.69) is 16.0 Å². The number of aromatic nitrogens is 1. The summed E-state index contributed by atoms with van der Waals surface area (Å²) in [5, 5.41) is 10.6. The molecule has 1 aromatic rings. The standard InChI is InChI=1S/C14H23N3S/c1(2-8-15-11-4-5-11)3-13-10-18-14(17-13)9-16-12-6-7-12/h10-12,15-16H,1-9H2. The summed E-state index contributed by atoms with van der Waals surface area (Å²) in [6.45, 7) is 2.16. The van der Waals surface area contributed by atoms with E-state index < -0.39 is 0 Å². The number of hydrogen-bond donors (Lipinski definition) is 2. The Labute approximate surface area is 113 Å². The van der Waals surface area contributed by atoms with Crippen molar-refractivity contribution in [3.8, 4) is 0 Å². The van der Waals surface area contributed by atoms with Gasteiger partial charge in [0.25, 0.3) is 0 Å². The fraction of sp³-hybridized carbons (Fsp3) is 0.786. The van der Waals surface area contributed by atoms with Gasteiger partial charge in [-0.15, -0.1) is 11.3 Å². The molecule has 0 bridgehead atoms. The molecular weight excluding hydrogens is 242 g/mol. The molecule has 3 nitrogen and oxygen atoms in total. The Morgan fingerprint density at radius 2 is 1.89 bits per heavy atom. The molecule has 0 atom stereocenters. The van der Waals surface area contributed by atoms with E-state index in [-0.39, 0.29) is 0 Å². The first-order valence-electron chi connectivity index (χ1n) is 7.30. The van der Waals surface area contributed by atoms with E-state index in [0.29, 0.717) is 0 Å². The van der Waals surface area contributed by atoms with Crippen molar-refractivity contribution in [2.24, 2.45) is 0 Å². The van der Waals surface area contributed by atoms with Crippen molar-refractivity contribution in [2.45, 2.75) is 63.6 Å². The summed E-state index contributed by atoms with van der Waals surface area (Å²) in [6, 6.07) is 1.63. The average molecular weight is 265 g/mol. The molecule has 0 unspecified atom stereocenters. The van der Waals surface area contributed by atoms with Crippen LogP contribution in [0.25, 0.3) is 0 Å². The van der Waals surface area contributed by atoms with Gasteiger partial charge in [-0.3, -0.25) is 0 Å². The van der Waals surface area contributed by atoms with E-state index in [9.17, 15) is 0 Å². The summed E-state index contributed by atoms with van der Waals surface area (Å²) < 4.78 is 0. The molecule has 3 rings (SSSR count). The maximum atomic E-state index is 4.69. The van der Waals surface area contributed by atoms with Crippen molar-refractivity contribution in [1.82, 2.24) is 15.6 Å². The van der Waals surface area contributed by atoms with Gasteiger partial charge in [0.05, 0.1) is 5.69 Å². The molecule has 1 aromatic heterocycles. The van der Waals surface area contributed by atoms with Crippen LogP contribution in [0.3, 0.4) is 0 Å². The molecule has 0 aromatic carbocycles. The van der Waals surface area contributed by atoms with Gasteiger partial charge in [-0.05, 0) is 51.5 Å². The topological polar surface area (TPSA) is 37.0 Å². The van der Waals surface area contributed by atoms with Crippen LogP contribution in [0.15, 0.2) is 5.38 Å². The third kappa shape index (κ3) is 4.34. The van der Waals surface area contributed by atoms with Crippen LogP contribution in [-0.2, 0) is 13.0 Å². The van der Waals surface area contributed by atoms with Crippen molar-refractivity contribution >= 4 is 11.3 Å². The summed E-state index contributed by atoms with van der Waals surface area (Å²) >= 11 is 1.81. The lowest BCUT2D eigenvalue weighted by Gasteiger charge is -2.01. The normalized spacial score (nSPS) is 19.3. The number of unbranched alkanes of at least 4 members (excludes halogenated alkanes) is 1. The fourth-order valence-electron chi connectivity index (χ4n) is 2.09. The number of nitrogens with zero attached hydrogens (tertiary/aromatic N) is 1. The molecule has 0 radical (unpaired) electrons. The average Bonchev–Trinajstić information content (AvgIpc) is 3.28. The van der Waals surface area contributed by atoms with E-state index >= 15 is 0 Å². The second kappa shape index (κ2) is 6.13. The van der Waals surface area contributed by atoms with Crippen LogP contribution in [0.2, 0.25) is 0 Å². The summed E-state index contributed by atoms with van der Waals surface area (Å²) in [5.41, 5.74) is 1.29. The quantitative estimate of drug-likeness (QED) is 0.674. The highest BCUT2D eigenvalue weighted by Crippen LogP contribution is 2.20. The summed E-state index contributed by atoms with van der Waals surface area (Å²) in [7, 11) is 0. The van der Waals surface area contributed by atoms with Crippen molar-refractivity contribution in [2.75, 3.05) is 6.54 Å². The summed E-state index contributed by atoms with van der Waals surface area (Å²) in [6.07, 6.45) is 9.18. The first-order valence-corrected chi connectivity index (χ1v) is 8.18. The lowest BCUT2D eigenvalue weighted by Crippen LogP contribution is -2.17. The molecule has 0 saturated heterocycles. The van der Waals surface area contributed by atoms with Gasteiger partial charge in [0, 0.05) is 24.0 Å². The Kier molecular flexibility index (Phi) is 4.28. The Morgan fingerprint density at radius 1 is 1.11 bits per heavy atom. The third-order valence-corrected chi connectivity index (χ3v) is 4.49. The second-order valence-corrected chi connectivity index (χ2v) is 6.52. The first-order chi connectivity index (χ1) is 8.90. The van der Waals surface area contributed by atoms with Crippen LogP contribution in [-0.4, -0.2) is 23.6 Å². The molecule has 0 spiro atoms. The molecule has 2 saturated carbocycles. The molecule has 0 aliphatic heterocycles. The SMILES string of the molecule is c1sc(CNC2CC2)nc1CCCCNC1CC1. The molecule has 100 valence electrons. The molecule has 2 N–H and O–H groups in total. The van der Waals surface area contributed by atoms with Crippen molar-refractivity contribution in [3.05, 3.63) is 16.1 Å². The maximum absolute atomic E-state index is 4.69. The molecule has 2 aliphatic carbocycles. The first kappa shape index (κ1) is 12.6. The number of nitrogens with one attached hydrogen (secondary N) is 2. The highest BCUT2D eigenvalue weighted by atomic mass is 32.1. The van der Waals surface area contributed by atoms with E-state index in [1.54, 1.807) is 0 Å². The van der Waals surface area contributed by atoms with Crippen LogP contribution < -0.4 is 10.6 Å². The molecule has 18 heavy (non-hydrogen) atoms. The minimum absolute atomic E-state index is 0.783. The van der Waals surface area contributed by atoms with Crippen molar-refractivity contribution in [3.63, 3.8) is 0 Å². The smallest absolute Gasteiger partial charge is 0.107 e. The Morgan fingerprint density at radius 3 is 2.67 bits per heavy atom. The Balaban J connectivity index is 1.28. The zero-order valence-corrected chi connectivity index (χ0v) is 11.8. The second-order valence-electron chi connectivity index (χ2n) is 5.57. The van der Waals surface area contributed by atoms with Gasteiger partial charge in [-0.1, -0.05) is 0 Å². The van der Waals surface area contributed by atoms with E-state index in [0.717, 1.165) is 25.0 Å². The van der Waals surface area contributed by atoms with Gasteiger partial charge in [0.1, 0.15) is 5.01 Å². The monoisotopic (exact) mass is 265 g/mol. The van der Waals surface area contributed by atoms with Crippen LogP contribution in [0, 0.1) is 0 Å². The van der Waals surface area contributed by atoms with Crippen molar-refractivity contribution < 1.29 is 0 Å². The number of thiazole rings is 1. The lowest BCUT2D eigenvalue weighted by molar-refractivity contribution is 0.616. The molecule has 2 fully saturated rings. The van der Waals surface area contributed by atoms with Crippen LogP contribution in [0.5, 0.6) is 0 Å². The van der Waals surface area contributed by atoms with Gasteiger partial charge in [0.2, 0.25) is 0 Å². The number of hydrogen-bond acceptors (Lipinski definition) is 4. The summed E-state index contributed by atoms with van der Waals surface area (Å²) in [5.74, 6) is 0. The highest BCUT2D eigenvalue weighted by Gasteiger charge is 2.20. The van der Waals surface area contributed by atoms with Gasteiger partial charge >= 0.3 is 0 Å². The van der Waals surface area contributed by atoms with Crippen LogP contribution in [0.1, 0.15) is 49.2 Å². The van der Waals surface area contributed by atoms with Gasteiger partial charge < -0.3 is 10.6 Å². The zero-order valence-electron chi connectivity index (χ0n) is 11.0. The van der Waals surface area contributed by atoms with Gasteiger partial charge in [-0.25, -0.2) is 4.98 Å². The highest BCUT2D eigenvalue weighted by molar-refractivity contribution is 7.09. The van der Waals surface area contributed by atoms with E-state index in [4.69, 9.17) is 4.98 Å². The maximum Gasteiger partial charge on any atom is 0.107 e. The lowest BCUT2D eigenvalue weighted by atomic mass is 10.2. The Hall–Kier alpha value is -0.450. The van der Waals surface area contributed by atoms with E-state index in [1.807, 2.05) is 11.3 Å². The van der Waals surface area contributed by atoms with Gasteiger partial charge in [0.15, 0.2) is 0 Å². The van der Waals surface area contributed by atoms with Crippen LogP contribution >= 0.6 is 11.3 Å². The molecule has 0 amide bonds. The number of rotatable bonds is 9. The largest absolute Gasteiger partial charge is 0.314 e. The predicted molar refractivity (Wildman–Crippen MR) is 75.9 cm³/mol. The minimum Gasteiger partial charge on any atom is -0.314 e. The predicted octanol–water partition coefficient (Wildman–Crippen LogP) is 2.47. The third-order valence-electron chi connectivity index (χ3n) is 3.59. The van der Waals surface area contributed by atoms with Crippen LogP contribution in [0.4, 0.5) is 0 Å². The molecule has 2 aliphatic rings.